The molecular formula is C20H18F2N4O3. The zero-order valence-corrected chi connectivity index (χ0v) is 15.6. The van der Waals surface area contributed by atoms with E-state index in [1.54, 1.807) is 19.1 Å². The van der Waals surface area contributed by atoms with Crippen LogP contribution in [0.2, 0.25) is 0 Å². The minimum absolute atomic E-state index is 0.00148. The van der Waals surface area contributed by atoms with Crippen LogP contribution in [0.1, 0.15) is 11.1 Å². The fourth-order valence-corrected chi connectivity index (χ4v) is 2.78. The van der Waals surface area contributed by atoms with Gasteiger partial charge in [-0.15, -0.1) is 0 Å². The molecule has 1 fully saturated rings. The average molecular weight is 400 g/mol. The largest absolute Gasteiger partial charge is 0.460 e. The lowest BCUT2D eigenvalue weighted by Gasteiger charge is -2.32. The molecule has 0 saturated carbocycles. The van der Waals surface area contributed by atoms with E-state index in [2.05, 4.69) is 15.1 Å². The summed E-state index contributed by atoms with van der Waals surface area (Å²) in [5.74, 6) is -0.392. The number of hydrogen-bond acceptors (Lipinski definition) is 6. The summed E-state index contributed by atoms with van der Waals surface area (Å²) >= 11 is 0. The Morgan fingerprint density at radius 2 is 1.97 bits per heavy atom. The zero-order valence-electron chi connectivity index (χ0n) is 15.6. The first-order valence-electron chi connectivity index (χ1n) is 8.97. The van der Waals surface area contributed by atoms with Gasteiger partial charge in [0, 0.05) is 29.6 Å². The molecule has 0 atom stereocenters. The van der Waals surface area contributed by atoms with Gasteiger partial charge in [0.2, 0.25) is 0 Å². The van der Waals surface area contributed by atoms with E-state index >= 15 is 0 Å². The molecule has 3 aromatic rings. The van der Waals surface area contributed by atoms with Crippen LogP contribution >= 0.6 is 0 Å². The van der Waals surface area contributed by atoms with Gasteiger partial charge in [0.25, 0.3) is 5.56 Å². The van der Waals surface area contributed by atoms with Gasteiger partial charge in [-0.25, -0.2) is 23.4 Å². The number of halogens is 2. The number of alkyl halides is 1. The van der Waals surface area contributed by atoms with Gasteiger partial charge in [0.1, 0.15) is 12.4 Å². The highest BCUT2D eigenvalue weighted by Crippen LogP contribution is 2.23. The molecule has 0 N–H and O–H groups in total. The number of benzene rings is 1. The molecule has 2 aromatic heterocycles. The Bertz CT molecular complexity index is 1080. The van der Waals surface area contributed by atoms with Gasteiger partial charge in [-0.05, 0) is 24.6 Å². The minimum atomic E-state index is -1.50. The highest BCUT2D eigenvalue weighted by atomic mass is 19.1. The van der Waals surface area contributed by atoms with Crippen molar-refractivity contribution in [2.75, 3.05) is 19.8 Å². The van der Waals surface area contributed by atoms with Crippen molar-refractivity contribution in [3.63, 3.8) is 0 Å². The van der Waals surface area contributed by atoms with E-state index in [1.807, 2.05) is 0 Å². The second-order valence-corrected chi connectivity index (χ2v) is 7.00. The third-order valence-electron chi connectivity index (χ3n) is 4.50. The van der Waals surface area contributed by atoms with Crippen molar-refractivity contribution >= 4 is 0 Å². The predicted molar refractivity (Wildman–Crippen MR) is 99.9 cm³/mol. The van der Waals surface area contributed by atoms with Crippen LogP contribution < -0.4 is 10.3 Å². The Hall–Kier alpha value is -3.20. The second-order valence-electron chi connectivity index (χ2n) is 7.00. The molecule has 0 bridgehead atoms. The molecule has 0 radical (unpaired) electrons. The van der Waals surface area contributed by atoms with Gasteiger partial charge in [0.05, 0.1) is 25.5 Å². The summed E-state index contributed by atoms with van der Waals surface area (Å²) in [6, 6.07) is 7.73. The molecule has 1 aromatic carbocycles. The molecule has 1 aliphatic rings. The first-order valence-corrected chi connectivity index (χ1v) is 8.97. The van der Waals surface area contributed by atoms with Crippen molar-refractivity contribution in [2.24, 2.45) is 0 Å². The summed E-state index contributed by atoms with van der Waals surface area (Å²) in [5, 5.41) is 4.28. The van der Waals surface area contributed by atoms with Crippen LogP contribution in [0.3, 0.4) is 0 Å². The van der Waals surface area contributed by atoms with E-state index in [-0.39, 0.29) is 37.9 Å². The summed E-state index contributed by atoms with van der Waals surface area (Å²) in [6.07, 6.45) is 2.93. The maximum Gasteiger partial charge on any atom is 0.316 e. The lowest BCUT2D eigenvalue weighted by atomic mass is 10.1. The fourth-order valence-electron chi connectivity index (χ4n) is 2.78. The number of nitrogens with zero attached hydrogens (tertiary/aromatic N) is 4. The molecule has 29 heavy (non-hydrogen) atoms. The van der Waals surface area contributed by atoms with Crippen LogP contribution in [0.5, 0.6) is 6.01 Å². The summed E-state index contributed by atoms with van der Waals surface area (Å²) in [7, 11) is 0. The van der Waals surface area contributed by atoms with E-state index in [9.17, 15) is 13.6 Å². The van der Waals surface area contributed by atoms with E-state index in [0.717, 1.165) is 5.56 Å². The van der Waals surface area contributed by atoms with Crippen molar-refractivity contribution in [3.8, 4) is 17.3 Å². The highest BCUT2D eigenvalue weighted by molar-refractivity contribution is 5.55. The van der Waals surface area contributed by atoms with Crippen LogP contribution in [-0.2, 0) is 11.3 Å². The summed E-state index contributed by atoms with van der Waals surface area (Å²) < 4.78 is 39.2. The van der Waals surface area contributed by atoms with Crippen LogP contribution in [0.4, 0.5) is 8.78 Å². The number of hydrogen-bond donors (Lipinski definition) is 0. The van der Waals surface area contributed by atoms with Crippen molar-refractivity contribution in [1.29, 1.82) is 0 Å². The van der Waals surface area contributed by atoms with Crippen molar-refractivity contribution in [3.05, 3.63) is 70.0 Å². The molecule has 0 spiro atoms. The molecule has 7 nitrogen and oxygen atoms in total. The van der Waals surface area contributed by atoms with Gasteiger partial charge in [0.15, 0.2) is 5.67 Å². The molecule has 150 valence electrons. The quantitative estimate of drug-likeness (QED) is 0.632. The van der Waals surface area contributed by atoms with Crippen LogP contribution in [0.15, 0.2) is 47.5 Å². The zero-order chi connectivity index (χ0) is 20.4. The first-order chi connectivity index (χ1) is 13.9. The molecule has 4 rings (SSSR count). The lowest BCUT2D eigenvalue weighted by Crippen LogP contribution is -2.50. The maximum atomic E-state index is 14.1. The van der Waals surface area contributed by atoms with E-state index < -0.39 is 11.5 Å². The Kier molecular flexibility index (Phi) is 5.06. The van der Waals surface area contributed by atoms with Crippen molar-refractivity contribution < 1.29 is 18.3 Å². The maximum absolute atomic E-state index is 14.1. The topological polar surface area (TPSA) is 79.1 Å². The summed E-state index contributed by atoms with van der Waals surface area (Å²) in [5.41, 5.74) is 0.288. The Morgan fingerprint density at radius 3 is 2.62 bits per heavy atom. The molecule has 3 heterocycles. The standard InChI is InChI=1S/C20H18F2N4O3/c1-13-2-3-14(16(21)6-13)9-26-18(27)5-4-17(25-26)15-7-23-19(24-8-15)29-12-20(22)10-28-11-20/h2-8H,9-12H2,1H3. The van der Waals surface area contributed by atoms with Gasteiger partial charge in [-0.3, -0.25) is 4.79 Å². The van der Waals surface area contributed by atoms with Crippen LogP contribution in [-0.4, -0.2) is 45.2 Å². The monoisotopic (exact) mass is 400 g/mol. The Morgan fingerprint density at radius 1 is 1.21 bits per heavy atom. The number of ether oxygens (including phenoxy) is 2. The number of aryl methyl sites for hydroxylation is 1. The van der Waals surface area contributed by atoms with Gasteiger partial charge in [-0.1, -0.05) is 12.1 Å². The smallest absolute Gasteiger partial charge is 0.316 e. The Labute approximate surface area is 165 Å². The third kappa shape index (κ3) is 4.29. The normalized spacial score (nSPS) is 15.0. The van der Waals surface area contributed by atoms with Crippen molar-refractivity contribution in [1.82, 2.24) is 19.7 Å². The van der Waals surface area contributed by atoms with Gasteiger partial charge >= 0.3 is 6.01 Å². The average Bonchev–Trinajstić information content (AvgIpc) is 2.69. The number of rotatable bonds is 6. The minimum Gasteiger partial charge on any atom is -0.460 e. The molecule has 1 saturated heterocycles. The first kappa shape index (κ1) is 19.1. The molecular weight excluding hydrogens is 382 g/mol. The second kappa shape index (κ2) is 7.67. The summed E-state index contributed by atoms with van der Waals surface area (Å²) in [6.45, 7) is 1.61. The van der Waals surface area contributed by atoms with E-state index in [0.29, 0.717) is 16.8 Å². The predicted octanol–water partition coefficient (Wildman–Crippen LogP) is 2.31. The molecule has 1 aliphatic heterocycles. The van der Waals surface area contributed by atoms with Gasteiger partial charge < -0.3 is 9.47 Å². The van der Waals surface area contributed by atoms with Crippen LogP contribution in [0.25, 0.3) is 11.3 Å². The molecule has 0 unspecified atom stereocenters. The van der Waals surface area contributed by atoms with Crippen LogP contribution in [0, 0.1) is 12.7 Å². The fraction of sp³-hybridized carbons (Fsp3) is 0.300. The molecule has 9 heteroatoms. The summed E-state index contributed by atoms with van der Waals surface area (Å²) in [4.78, 5) is 20.2. The lowest BCUT2D eigenvalue weighted by molar-refractivity contribution is -0.147. The van der Waals surface area contributed by atoms with Crippen molar-refractivity contribution in [2.45, 2.75) is 19.1 Å². The van der Waals surface area contributed by atoms with E-state index in [1.165, 1.54) is 35.3 Å². The molecule has 0 aliphatic carbocycles. The third-order valence-corrected chi connectivity index (χ3v) is 4.50. The highest BCUT2D eigenvalue weighted by Gasteiger charge is 2.40. The SMILES string of the molecule is Cc1ccc(Cn2nc(-c3cnc(OCC4(F)COC4)nc3)ccc2=O)c(F)c1. The molecule has 0 amide bonds. The number of aromatic nitrogens is 4. The van der Waals surface area contributed by atoms with Gasteiger partial charge in [-0.2, -0.15) is 5.10 Å². The van der Waals surface area contributed by atoms with E-state index in [4.69, 9.17) is 9.47 Å². The Balaban J connectivity index is 1.51.